The number of benzene rings is 2. The molecule has 0 atom stereocenters. The highest BCUT2D eigenvalue weighted by Gasteiger charge is 2.23. The second kappa shape index (κ2) is 6.07. The Morgan fingerprint density at radius 2 is 2.00 bits per heavy atom. The van der Waals surface area contributed by atoms with Crippen LogP contribution in [0.5, 0.6) is 0 Å². The lowest BCUT2D eigenvalue weighted by atomic mass is 10.1. The molecule has 2 aromatic carbocycles. The first-order valence-electron chi connectivity index (χ1n) is 7.17. The van der Waals surface area contributed by atoms with Crippen molar-refractivity contribution in [2.24, 2.45) is 0 Å². The summed E-state index contributed by atoms with van der Waals surface area (Å²) in [6, 6.07) is 8.22. The minimum absolute atomic E-state index is 0.0981. The van der Waals surface area contributed by atoms with Gasteiger partial charge in [-0.3, -0.25) is 9.52 Å². The average molecular weight is 369 g/mol. The number of anilines is 2. The van der Waals surface area contributed by atoms with E-state index in [1.165, 1.54) is 6.92 Å². The molecule has 1 aliphatic rings. The van der Waals surface area contributed by atoms with E-state index in [0.29, 0.717) is 17.9 Å². The van der Waals surface area contributed by atoms with Gasteiger partial charge in [-0.05, 0) is 42.3 Å². The predicted molar refractivity (Wildman–Crippen MR) is 90.4 cm³/mol. The van der Waals surface area contributed by atoms with Crippen LogP contribution in [0.3, 0.4) is 0 Å². The summed E-state index contributed by atoms with van der Waals surface area (Å²) in [5.41, 5.74) is 2.00. The van der Waals surface area contributed by atoms with Crippen molar-refractivity contribution >= 4 is 38.9 Å². The summed E-state index contributed by atoms with van der Waals surface area (Å²) in [6.45, 7) is 2.04. The summed E-state index contributed by atoms with van der Waals surface area (Å²) in [6.07, 6.45) is 0.732. The molecule has 0 saturated heterocycles. The van der Waals surface area contributed by atoms with Gasteiger partial charge in [0, 0.05) is 19.2 Å². The van der Waals surface area contributed by atoms with Crippen LogP contribution in [-0.4, -0.2) is 20.9 Å². The second-order valence-corrected chi connectivity index (χ2v) is 7.54. The fourth-order valence-corrected chi connectivity index (χ4v) is 3.95. The number of amides is 1. The van der Waals surface area contributed by atoms with Crippen LogP contribution in [0.1, 0.15) is 12.5 Å². The predicted octanol–water partition coefficient (Wildman–Crippen LogP) is 3.19. The standard InChI is InChI=1S/C16H14ClFN2O3S/c1-10(21)20-7-6-11-2-3-12(8-16(11)20)19-24(22,23)13-4-5-15(18)14(17)9-13/h2-5,8-9,19H,6-7H2,1H3. The van der Waals surface area contributed by atoms with Gasteiger partial charge in [0.05, 0.1) is 15.6 Å². The Kier molecular flexibility index (Phi) is 4.23. The molecule has 0 unspecified atom stereocenters. The minimum atomic E-state index is -3.91. The summed E-state index contributed by atoms with van der Waals surface area (Å²) in [5, 5.41) is -0.269. The van der Waals surface area contributed by atoms with Gasteiger partial charge in [0.15, 0.2) is 0 Å². The molecule has 1 N–H and O–H groups in total. The minimum Gasteiger partial charge on any atom is -0.312 e. The first-order valence-corrected chi connectivity index (χ1v) is 9.03. The zero-order valence-electron chi connectivity index (χ0n) is 12.7. The van der Waals surface area contributed by atoms with E-state index in [9.17, 15) is 17.6 Å². The van der Waals surface area contributed by atoms with Crippen molar-refractivity contribution in [3.63, 3.8) is 0 Å². The number of carbonyl (C=O) groups is 1. The summed E-state index contributed by atoms with van der Waals surface area (Å²) >= 11 is 5.64. The maximum absolute atomic E-state index is 13.2. The molecular formula is C16H14ClFN2O3S. The molecule has 1 heterocycles. The molecule has 0 saturated carbocycles. The van der Waals surface area contributed by atoms with Crippen LogP contribution < -0.4 is 9.62 Å². The molecule has 8 heteroatoms. The lowest BCUT2D eigenvalue weighted by molar-refractivity contribution is -0.116. The molecule has 0 aromatic heterocycles. The average Bonchev–Trinajstić information content (AvgIpc) is 2.92. The molecule has 5 nitrogen and oxygen atoms in total. The van der Waals surface area contributed by atoms with Crippen LogP contribution in [0.25, 0.3) is 0 Å². The van der Waals surface area contributed by atoms with E-state index in [4.69, 9.17) is 11.6 Å². The van der Waals surface area contributed by atoms with Crippen LogP contribution in [0.4, 0.5) is 15.8 Å². The number of sulfonamides is 1. The van der Waals surface area contributed by atoms with E-state index in [2.05, 4.69) is 4.72 Å². The van der Waals surface area contributed by atoms with Gasteiger partial charge in [0.1, 0.15) is 5.82 Å². The summed E-state index contributed by atoms with van der Waals surface area (Å²) in [5.74, 6) is -0.788. The maximum Gasteiger partial charge on any atom is 0.261 e. The number of halogens is 2. The molecule has 126 valence electrons. The van der Waals surface area contributed by atoms with E-state index >= 15 is 0 Å². The molecule has 0 spiro atoms. The Morgan fingerprint density at radius 1 is 1.25 bits per heavy atom. The SMILES string of the molecule is CC(=O)N1CCc2ccc(NS(=O)(=O)c3ccc(F)c(Cl)c3)cc21. The normalized spacial score (nSPS) is 13.7. The number of fused-ring (bicyclic) bond motifs is 1. The highest BCUT2D eigenvalue weighted by Crippen LogP contribution is 2.32. The second-order valence-electron chi connectivity index (χ2n) is 5.45. The molecule has 0 fully saturated rings. The lowest BCUT2D eigenvalue weighted by Crippen LogP contribution is -2.25. The Hall–Kier alpha value is -2.12. The molecule has 2 aromatic rings. The number of carbonyl (C=O) groups excluding carboxylic acids is 1. The number of rotatable bonds is 3. The van der Waals surface area contributed by atoms with Gasteiger partial charge in [0.2, 0.25) is 5.91 Å². The quantitative estimate of drug-likeness (QED) is 0.904. The number of nitrogens with zero attached hydrogens (tertiary/aromatic N) is 1. The van der Waals surface area contributed by atoms with Crippen molar-refractivity contribution in [2.45, 2.75) is 18.2 Å². The van der Waals surface area contributed by atoms with Gasteiger partial charge < -0.3 is 4.90 Å². The molecule has 1 aliphatic heterocycles. The highest BCUT2D eigenvalue weighted by atomic mass is 35.5. The van der Waals surface area contributed by atoms with Gasteiger partial charge in [-0.25, -0.2) is 12.8 Å². The zero-order chi connectivity index (χ0) is 17.5. The Balaban J connectivity index is 1.92. The van der Waals surface area contributed by atoms with Crippen molar-refractivity contribution in [3.05, 3.63) is 52.8 Å². The molecule has 24 heavy (non-hydrogen) atoms. The van der Waals surface area contributed by atoms with Crippen molar-refractivity contribution in [1.29, 1.82) is 0 Å². The first kappa shape index (κ1) is 16.7. The molecule has 1 amide bonds. The summed E-state index contributed by atoms with van der Waals surface area (Å²) < 4.78 is 40.4. The van der Waals surface area contributed by atoms with E-state index in [1.807, 2.05) is 0 Å². The molecule has 0 radical (unpaired) electrons. The molecule has 0 aliphatic carbocycles. The van der Waals surface area contributed by atoms with Crippen LogP contribution >= 0.6 is 11.6 Å². The van der Waals surface area contributed by atoms with Crippen LogP contribution in [0.2, 0.25) is 5.02 Å². The molecular weight excluding hydrogens is 355 g/mol. The molecule has 3 rings (SSSR count). The number of hydrogen-bond acceptors (Lipinski definition) is 3. The fourth-order valence-electron chi connectivity index (χ4n) is 2.63. The van der Waals surface area contributed by atoms with E-state index < -0.39 is 15.8 Å². The van der Waals surface area contributed by atoms with Crippen LogP contribution in [0.15, 0.2) is 41.3 Å². The molecule has 0 bridgehead atoms. The van der Waals surface area contributed by atoms with Crippen molar-refractivity contribution in [1.82, 2.24) is 0 Å². The number of hydrogen-bond donors (Lipinski definition) is 1. The Bertz CT molecular complexity index is 931. The Labute approximate surface area is 144 Å². The van der Waals surface area contributed by atoms with Gasteiger partial charge in [-0.15, -0.1) is 0 Å². The summed E-state index contributed by atoms with van der Waals surface area (Å²) in [7, 11) is -3.91. The largest absolute Gasteiger partial charge is 0.312 e. The van der Waals surface area contributed by atoms with Crippen LogP contribution in [0, 0.1) is 5.82 Å². The first-order chi connectivity index (χ1) is 11.3. The van der Waals surface area contributed by atoms with Gasteiger partial charge in [0.25, 0.3) is 10.0 Å². The van der Waals surface area contributed by atoms with Gasteiger partial charge >= 0.3 is 0 Å². The van der Waals surface area contributed by atoms with Crippen LogP contribution in [-0.2, 0) is 21.2 Å². The maximum atomic E-state index is 13.2. The van der Waals surface area contributed by atoms with Gasteiger partial charge in [-0.1, -0.05) is 17.7 Å². The van der Waals surface area contributed by atoms with Crippen molar-refractivity contribution in [2.75, 3.05) is 16.2 Å². The third-order valence-electron chi connectivity index (χ3n) is 3.81. The van der Waals surface area contributed by atoms with Crippen molar-refractivity contribution in [3.8, 4) is 0 Å². The van der Waals surface area contributed by atoms with Crippen molar-refractivity contribution < 1.29 is 17.6 Å². The third kappa shape index (κ3) is 3.09. The fraction of sp³-hybridized carbons (Fsp3) is 0.188. The zero-order valence-corrected chi connectivity index (χ0v) is 14.3. The van der Waals surface area contributed by atoms with E-state index in [1.54, 1.807) is 23.1 Å². The summed E-state index contributed by atoms with van der Waals surface area (Å²) in [4.78, 5) is 13.1. The number of nitrogens with one attached hydrogen (secondary N) is 1. The highest BCUT2D eigenvalue weighted by molar-refractivity contribution is 7.92. The Morgan fingerprint density at radius 3 is 2.67 bits per heavy atom. The van der Waals surface area contributed by atoms with E-state index in [-0.39, 0.29) is 15.8 Å². The lowest BCUT2D eigenvalue weighted by Gasteiger charge is -2.16. The van der Waals surface area contributed by atoms with Gasteiger partial charge in [-0.2, -0.15) is 0 Å². The third-order valence-corrected chi connectivity index (χ3v) is 5.48. The smallest absolute Gasteiger partial charge is 0.261 e. The monoisotopic (exact) mass is 368 g/mol. The topological polar surface area (TPSA) is 66.5 Å². The van der Waals surface area contributed by atoms with E-state index in [0.717, 1.165) is 30.2 Å².